The van der Waals surface area contributed by atoms with Gasteiger partial charge < -0.3 is 4.74 Å². The van der Waals surface area contributed by atoms with Crippen molar-refractivity contribution >= 4 is 5.97 Å². The maximum Gasteiger partial charge on any atom is 0.417 e. The van der Waals surface area contributed by atoms with E-state index in [0.29, 0.717) is 0 Å². The third-order valence-electron chi connectivity index (χ3n) is 2.65. The van der Waals surface area contributed by atoms with Crippen molar-refractivity contribution < 1.29 is 22.7 Å². The standard InChI is InChI=1S/C13H15F3O2/c1-3-9(2)8-18-12(17)10-6-4-5-7-11(10)13(14,15)16/h4-7,9H,3,8H2,1-2H3. The lowest BCUT2D eigenvalue weighted by molar-refractivity contribution is -0.138. The average Bonchev–Trinajstić information content (AvgIpc) is 2.34. The zero-order valence-electron chi connectivity index (χ0n) is 10.3. The van der Waals surface area contributed by atoms with Gasteiger partial charge in [0.25, 0.3) is 0 Å². The number of hydrogen-bond donors (Lipinski definition) is 0. The molecule has 1 unspecified atom stereocenters. The number of carbonyl (C=O) groups is 1. The van der Waals surface area contributed by atoms with Gasteiger partial charge in [0.05, 0.1) is 17.7 Å². The van der Waals surface area contributed by atoms with E-state index in [1.165, 1.54) is 12.1 Å². The lowest BCUT2D eigenvalue weighted by atomic mass is 10.1. The minimum absolute atomic E-state index is 0.127. The summed E-state index contributed by atoms with van der Waals surface area (Å²) < 4.78 is 42.9. The van der Waals surface area contributed by atoms with Crippen LogP contribution in [0.15, 0.2) is 24.3 Å². The van der Waals surface area contributed by atoms with Gasteiger partial charge in [0, 0.05) is 0 Å². The number of esters is 1. The molecule has 0 aromatic heterocycles. The molecule has 0 heterocycles. The Kier molecular flexibility index (Phi) is 4.76. The Morgan fingerprint density at radius 2 is 1.94 bits per heavy atom. The molecule has 1 aromatic carbocycles. The molecule has 1 rings (SSSR count). The third kappa shape index (κ3) is 3.75. The molecule has 0 radical (unpaired) electrons. The second-order valence-corrected chi connectivity index (χ2v) is 4.16. The highest BCUT2D eigenvalue weighted by molar-refractivity contribution is 5.91. The summed E-state index contributed by atoms with van der Waals surface area (Å²) in [4.78, 5) is 11.6. The summed E-state index contributed by atoms with van der Waals surface area (Å²) in [6.07, 6.45) is -3.75. The second kappa shape index (κ2) is 5.89. The molecule has 100 valence electrons. The molecule has 18 heavy (non-hydrogen) atoms. The highest BCUT2D eigenvalue weighted by Crippen LogP contribution is 2.32. The number of ether oxygens (including phenoxy) is 1. The quantitative estimate of drug-likeness (QED) is 0.767. The van der Waals surface area contributed by atoms with E-state index in [-0.39, 0.29) is 12.5 Å². The molecule has 0 saturated heterocycles. The fourth-order valence-corrected chi connectivity index (χ4v) is 1.32. The molecule has 0 aliphatic rings. The highest BCUT2D eigenvalue weighted by Gasteiger charge is 2.35. The molecular formula is C13H15F3O2. The van der Waals surface area contributed by atoms with Crippen molar-refractivity contribution in [3.63, 3.8) is 0 Å². The van der Waals surface area contributed by atoms with Crippen LogP contribution in [-0.2, 0) is 10.9 Å². The Hall–Kier alpha value is -1.52. The van der Waals surface area contributed by atoms with Gasteiger partial charge in [-0.2, -0.15) is 13.2 Å². The predicted molar refractivity (Wildman–Crippen MR) is 61.2 cm³/mol. The maximum absolute atomic E-state index is 12.7. The van der Waals surface area contributed by atoms with Gasteiger partial charge in [-0.25, -0.2) is 4.79 Å². The largest absolute Gasteiger partial charge is 0.462 e. The van der Waals surface area contributed by atoms with Crippen molar-refractivity contribution in [1.82, 2.24) is 0 Å². The van der Waals surface area contributed by atoms with E-state index in [9.17, 15) is 18.0 Å². The number of alkyl halides is 3. The van der Waals surface area contributed by atoms with Crippen LogP contribution in [0, 0.1) is 5.92 Å². The van der Waals surface area contributed by atoms with Crippen molar-refractivity contribution in [1.29, 1.82) is 0 Å². The summed E-state index contributed by atoms with van der Waals surface area (Å²) in [5.41, 5.74) is -1.40. The summed E-state index contributed by atoms with van der Waals surface area (Å²) in [5, 5.41) is 0. The Labute approximate surface area is 104 Å². The summed E-state index contributed by atoms with van der Waals surface area (Å²) in [6, 6.07) is 4.63. The molecule has 0 saturated carbocycles. The first kappa shape index (κ1) is 14.5. The van der Waals surface area contributed by atoms with Crippen LogP contribution in [0.5, 0.6) is 0 Å². The molecule has 0 amide bonds. The normalized spacial score (nSPS) is 13.2. The van der Waals surface area contributed by atoms with Gasteiger partial charge in [0.2, 0.25) is 0 Å². The summed E-state index contributed by atoms with van der Waals surface area (Å²) in [5.74, 6) is -0.796. The number of halogens is 3. The van der Waals surface area contributed by atoms with Crippen molar-refractivity contribution in [2.24, 2.45) is 5.92 Å². The van der Waals surface area contributed by atoms with E-state index in [1.54, 1.807) is 0 Å². The molecule has 0 N–H and O–H groups in total. The Bertz CT molecular complexity index is 413. The van der Waals surface area contributed by atoms with Gasteiger partial charge in [0.15, 0.2) is 0 Å². The lowest BCUT2D eigenvalue weighted by Gasteiger charge is -2.13. The van der Waals surface area contributed by atoms with E-state index >= 15 is 0 Å². The van der Waals surface area contributed by atoms with Gasteiger partial charge in [-0.1, -0.05) is 32.4 Å². The van der Waals surface area contributed by atoms with Gasteiger partial charge in [-0.05, 0) is 18.1 Å². The maximum atomic E-state index is 12.7. The number of benzene rings is 1. The average molecular weight is 260 g/mol. The van der Waals surface area contributed by atoms with Gasteiger partial charge in [-0.15, -0.1) is 0 Å². The lowest BCUT2D eigenvalue weighted by Crippen LogP contribution is -2.17. The van der Waals surface area contributed by atoms with Crippen LogP contribution in [0.1, 0.15) is 36.2 Å². The van der Waals surface area contributed by atoms with Crippen molar-refractivity contribution in [3.8, 4) is 0 Å². The van der Waals surface area contributed by atoms with E-state index < -0.39 is 23.3 Å². The van der Waals surface area contributed by atoms with Crippen molar-refractivity contribution in [3.05, 3.63) is 35.4 Å². The molecule has 0 bridgehead atoms. The summed E-state index contributed by atoms with van der Waals surface area (Å²) in [6.45, 7) is 3.91. The SMILES string of the molecule is CCC(C)COC(=O)c1ccccc1C(F)(F)F. The Morgan fingerprint density at radius 1 is 1.33 bits per heavy atom. The number of carbonyl (C=O) groups excluding carboxylic acids is 1. The van der Waals surface area contributed by atoms with Crippen LogP contribution >= 0.6 is 0 Å². The van der Waals surface area contributed by atoms with E-state index in [1.807, 2.05) is 13.8 Å². The Balaban J connectivity index is 2.86. The summed E-state index contributed by atoms with van der Waals surface area (Å²) in [7, 11) is 0. The molecule has 1 atom stereocenters. The number of hydrogen-bond acceptors (Lipinski definition) is 2. The van der Waals surface area contributed by atoms with Crippen LogP contribution in [0.25, 0.3) is 0 Å². The fourth-order valence-electron chi connectivity index (χ4n) is 1.32. The van der Waals surface area contributed by atoms with Crippen LogP contribution in [0.3, 0.4) is 0 Å². The molecule has 5 heteroatoms. The Morgan fingerprint density at radius 3 is 2.50 bits per heavy atom. The fraction of sp³-hybridized carbons (Fsp3) is 0.462. The van der Waals surface area contributed by atoms with Crippen molar-refractivity contribution in [2.75, 3.05) is 6.61 Å². The van der Waals surface area contributed by atoms with E-state index in [2.05, 4.69) is 0 Å². The van der Waals surface area contributed by atoms with E-state index in [4.69, 9.17) is 4.74 Å². The van der Waals surface area contributed by atoms with Gasteiger partial charge in [-0.3, -0.25) is 0 Å². The smallest absolute Gasteiger partial charge is 0.417 e. The van der Waals surface area contributed by atoms with E-state index in [0.717, 1.165) is 18.6 Å². The topological polar surface area (TPSA) is 26.3 Å². The van der Waals surface area contributed by atoms with Crippen LogP contribution in [0.4, 0.5) is 13.2 Å². The van der Waals surface area contributed by atoms with Crippen LogP contribution in [0.2, 0.25) is 0 Å². The number of rotatable bonds is 4. The molecule has 2 nitrogen and oxygen atoms in total. The highest BCUT2D eigenvalue weighted by atomic mass is 19.4. The minimum atomic E-state index is -4.55. The third-order valence-corrected chi connectivity index (χ3v) is 2.65. The first-order chi connectivity index (χ1) is 8.36. The summed E-state index contributed by atoms with van der Waals surface area (Å²) >= 11 is 0. The molecule has 0 spiro atoms. The molecule has 0 aliphatic heterocycles. The van der Waals surface area contributed by atoms with Crippen LogP contribution < -0.4 is 0 Å². The zero-order valence-corrected chi connectivity index (χ0v) is 10.3. The molecule has 0 fully saturated rings. The van der Waals surface area contributed by atoms with Crippen molar-refractivity contribution in [2.45, 2.75) is 26.4 Å². The minimum Gasteiger partial charge on any atom is -0.462 e. The molecule has 0 aliphatic carbocycles. The van der Waals surface area contributed by atoms with Gasteiger partial charge >= 0.3 is 12.1 Å². The predicted octanol–water partition coefficient (Wildman–Crippen LogP) is 3.91. The zero-order chi connectivity index (χ0) is 13.8. The van der Waals surface area contributed by atoms with Crippen LogP contribution in [-0.4, -0.2) is 12.6 Å². The first-order valence-corrected chi connectivity index (χ1v) is 5.69. The first-order valence-electron chi connectivity index (χ1n) is 5.69. The second-order valence-electron chi connectivity index (χ2n) is 4.16. The molecular weight excluding hydrogens is 245 g/mol. The molecule has 1 aromatic rings. The van der Waals surface area contributed by atoms with Gasteiger partial charge in [0.1, 0.15) is 0 Å². The monoisotopic (exact) mass is 260 g/mol.